The summed E-state index contributed by atoms with van der Waals surface area (Å²) >= 11 is 0. The zero-order chi connectivity index (χ0) is 10.6. The number of carbonyl (C=O) groups excluding carboxylic acids is 1. The average Bonchev–Trinajstić information content (AvgIpc) is 2.13. The van der Waals surface area contributed by atoms with E-state index in [1.807, 2.05) is 6.92 Å². The SMILES string of the molecule is CCCC(=O)Oc1cccc(O)c1N. The van der Waals surface area contributed by atoms with Gasteiger partial charge in [-0.05, 0) is 18.6 Å². The molecular weight excluding hydrogens is 182 g/mol. The van der Waals surface area contributed by atoms with Gasteiger partial charge in [0.2, 0.25) is 0 Å². The van der Waals surface area contributed by atoms with Crippen molar-refractivity contribution < 1.29 is 14.6 Å². The van der Waals surface area contributed by atoms with Crippen LogP contribution in [0.15, 0.2) is 18.2 Å². The maximum absolute atomic E-state index is 11.1. The Kier molecular flexibility index (Phi) is 3.34. The zero-order valence-corrected chi connectivity index (χ0v) is 7.99. The minimum Gasteiger partial charge on any atom is -0.506 e. The first-order valence-electron chi connectivity index (χ1n) is 4.43. The lowest BCUT2D eigenvalue weighted by Gasteiger charge is -2.07. The second-order valence-electron chi connectivity index (χ2n) is 2.91. The molecule has 0 aliphatic carbocycles. The number of para-hydroxylation sites is 1. The lowest BCUT2D eigenvalue weighted by Crippen LogP contribution is -2.08. The first kappa shape index (κ1) is 10.4. The van der Waals surface area contributed by atoms with Gasteiger partial charge in [-0.3, -0.25) is 4.79 Å². The van der Waals surface area contributed by atoms with Gasteiger partial charge in [-0.2, -0.15) is 0 Å². The molecule has 4 nitrogen and oxygen atoms in total. The van der Waals surface area contributed by atoms with E-state index in [-0.39, 0.29) is 23.2 Å². The molecule has 0 atom stereocenters. The van der Waals surface area contributed by atoms with Crippen LogP contribution in [0.1, 0.15) is 19.8 Å². The predicted molar refractivity (Wildman–Crippen MR) is 53.1 cm³/mol. The number of benzene rings is 1. The van der Waals surface area contributed by atoms with Crippen molar-refractivity contribution in [2.24, 2.45) is 0 Å². The van der Waals surface area contributed by atoms with E-state index in [0.29, 0.717) is 6.42 Å². The molecule has 0 fully saturated rings. The van der Waals surface area contributed by atoms with Crippen LogP contribution in [-0.4, -0.2) is 11.1 Å². The number of phenols is 1. The molecule has 4 heteroatoms. The molecule has 0 heterocycles. The van der Waals surface area contributed by atoms with Gasteiger partial charge in [0.15, 0.2) is 5.75 Å². The summed E-state index contributed by atoms with van der Waals surface area (Å²) in [5.41, 5.74) is 5.59. The molecular formula is C10H13NO3. The lowest BCUT2D eigenvalue weighted by atomic mass is 10.2. The fraction of sp³-hybridized carbons (Fsp3) is 0.300. The minimum atomic E-state index is -0.343. The van der Waals surface area contributed by atoms with Crippen molar-refractivity contribution >= 4 is 11.7 Å². The van der Waals surface area contributed by atoms with Crippen LogP contribution in [0.3, 0.4) is 0 Å². The molecule has 1 aromatic carbocycles. The number of hydrogen-bond donors (Lipinski definition) is 2. The maximum atomic E-state index is 11.1. The van der Waals surface area contributed by atoms with E-state index in [1.54, 1.807) is 12.1 Å². The summed E-state index contributed by atoms with van der Waals surface area (Å²) in [6.07, 6.45) is 1.06. The van der Waals surface area contributed by atoms with Crippen LogP contribution in [0, 0.1) is 0 Å². The number of carbonyl (C=O) groups is 1. The molecule has 0 saturated carbocycles. The van der Waals surface area contributed by atoms with Crippen LogP contribution in [-0.2, 0) is 4.79 Å². The summed E-state index contributed by atoms with van der Waals surface area (Å²) < 4.78 is 4.94. The van der Waals surface area contributed by atoms with Crippen molar-refractivity contribution in [1.29, 1.82) is 0 Å². The molecule has 76 valence electrons. The number of rotatable bonds is 3. The van der Waals surface area contributed by atoms with Crippen molar-refractivity contribution in [1.82, 2.24) is 0 Å². The number of nitrogen functional groups attached to an aromatic ring is 1. The average molecular weight is 195 g/mol. The second-order valence-corrected chi connectivity index (χ2v) is 2.91. The molecule has 3 N–H and O–H groups in total. The number of esters is 1. The molecule has 1 aromatic rings. The second kappa shape index (κ2) is 4.50. The van der Waals surface area contributed by atoms with Crippen molar-refractivity contribution in [2.45, 2.75) is 19.8 Å². The number of phenolic OH excluding ortho intramolecular Hbond substituents is 1. The fourth-order valence-corrected chi connectivity index (χ4v) is 0.999. The standard InChI is InChI=1S/C10H13NO3/c1-2-4-9(13)14-8-6-3-5-7(12)10(8)11/h3,5-6,12H,2,4,11H2,1H3. The van der Waals surface area contributed by atoms with Crippen molar-refractivity contribution in [3.05, 3.63) is 18.2 Å². The van der Waals surface area contributed by atoms with Gasteiger partial charge in [0, 0.05) is 6.42 Å². The lowest BCUT2D eigenvalue weighted by molar-refractivity contribution is -0.134. The van der Waals surface area contributed by atoms with Crippen LogP contribution < -0.4 is 10.5 Å². The highest BCUT2D eigenvalue weighted by Crippen LogP contribution is 2.30. The van der Waals surface area contributed by atoms with Crippen LogP contribution in [0.25, 0.3) is 0 Å². The Bertz CT molecular complexity index is 336. The van der Waals surface area contributed by atoms with Crippen molar-refractivity contribution in [2.75, 3.05) is 5.73 Å². The molecule has 1 rings (SSSR count). The summed E-state index contributed by atoms with van der Waals surface area (Å²) in [7, 11) is 0. The number of nitrogens with two attached hydrogens (primary N) is 1. The van der Waals surface area contributed by atoms with Crippen LogP contribution in [0.2, 0.25) is 0 Å². The van der Waals surface area contributed by atoms with E-state index in [0.717, 1.165) is 6.42 Å². The smallest absolute Gasteiger partial charge is 0.311 e. The van der Waals surface area contributed by atoms with Crippen molar-refractivity contribution in [3.8, 4) is 11.5 Å². The number of aromatic hydroxyl groups is 1. The largest absolute Gasteiger partial charge is 0.506 e. The van der Waals surface area contributed by atoms with Gasteiger partial charge in [-0.1, -0.05) is 13.0 Å². The summed E-state index contributed by atoms with van der Waals surface area (Å²) in [6.45, 7) is 1.88. The molecule has 0 spiro atoms. The third-order valence-corrected chi connectivity index (χ3v) is 1.72. The quantitative estimate of drug-likeness (QED) is 0.333. The Morgan fingerprint density at radius 1 is 1.57 bits per heavy atom. The van der Waals surface area contributed by atoms with Gasteiger partial charge in [-0.15, -0.1) is 0 Å². The molecule has 0 saturated heterocycles. The van der Waals surface area contributed by atoms with E-state index in [1.165, 1.54) is 6.07 Å². The summed E-state index contributed by atoms with van der Waals surface area (Å²) in [5.74, 6) is -0.208. The van der Waals surface area contributed by atoms with Gasteiger partial charge < -0.3 is 15.6 Å². The van der Waals surface area contributed by atoms with Crippen molar-refractivity contribution in [3.63, 3.8) is 0 Å². The van der Waals surface area contributed by atoms with Crippen LogP contribution in [0.5, 0.6) is 11.5 Å². The van der Waals surface area contributed by atoms with Crippen LogP contribution in [0.4, 0.5) is 5.69 Å². The van der Waals surface area contributed by atoms with Gasteiger partial charge in [-0.25, -0.2) is 0 Å². The molecule has 0 aliphatic rings. The molecule has 14 heavy (non-hydrogen) atoms. The third-order valence-electron chi connectivity index (χ3n) is 1.72. The van der Waals surface area contributed by atoms with Gasteiger partial charge in [0.05, 0.1) is 0 Å². The number of ether oxygens (including phenoxy) is 1. The number of hydrogen-bond acceptors (Lipinski definition) is 4. The highest BCUT2D eigenvalue weighted by Gasteiger charge is 2.08. The molecule has 0 amide bonds. The van der Waals surface area contributed by atoms with Gasteiger partial charge in [0.25, 0.3) is 0 Å². The third kappa shape index (κ3) is 2.39. The molecule has 0 bridgehead atoms. The van der Waals surface area contributed by atoms with Gasteiger partial charge in [0.1, 0.15) is 11.4 Å². The molecule has 0 radical (unpaired) electrons. The van der Waals surface area contributed by atoms with E-state index in [4.69, 9.17) is 10.5 Å². The Morgan fingerprint density at radius 3 is 2.93 bits per heavy atom. The molecule has 0 unspecified atom stereocenters. The molecule has 0 aromatic heterocycles. The summed E-state index contributed by atoms with van der Waals surface area (Å²) in [6, 6.07) is 4.55. The van der Waals surface area contributed by atoms with E-state index in [2.05, 4.69) is 0 Å². The fourth-order valence-electron chi connectivity index (χ4n) is 0.999. The Hall–Kier alpha value is -1.71. The Morgan fingerprint density at radius 2 is 2.29 bits per heavy atom. The monoisotopic (exact) mass is 195 g/mol. The summed E-state index contributed by atoms with van der Waals surface area (Å²) in [4.78, 5) is 11.1. The topological polar surface area (TPSA) is 72.5 Å². The highest BCUT2D eigenvalue weighted by atomic mass is 16.5. The predicted octanol–water partition coefficient (Wildman–Crippen LogP) is 1.68. The maximum Gasteiger partial charge on any atom is 0.311 e. The van der Waals surface area contributed by atoms with E-state index < -0.39 is 0 Å². The minimum absolute atomic E-state index is 0.0770. The first-order valence-corrected chi connectivity index (χ1v) is 4.43. The highest BCUT2D eigenvalue weighted by molar-refractivity contribution is 5.75. The summed E-state index contributed by atoms with van der Waals surface area (Å²) in [5, 5.41) is 9.23. The van der Waals surface area contributed by atoms with Gasteiger partial charge >= 0.3 is 5.97 Å². The van der Waals surface area contributed by atoms with E-state index >= 15 is 0 Å². The Labute approximate surface area is 82.3 Å². The molecule has 0 aliphatic heterocycles. The Balaban J connectivity index is 2.76. The normalized spacial score (nSPS) is 9.79. The number of anilines is 1. The van der Waals surface area contributed by atoms with E-state index in [9.17, 15) is 9.90 Å². The zero-order valence-electron chi connectivity index (χ0n) is 7.99. The first-order chi connectivity index (χ1) is 6.65. The van der Waals surface area contributed by atoms with Crippen LogP contribution >= 0.6 is 0 Å².